The van der Waals surface area contributed by atoms with Crippen LogP contribution in [-0.2, 0) is 24.2 Å². The van der Waals surface area contributed by atoms with Crippen molar-refractivity contribution in [3.8, 4) is 0 Å². The Morgan fingerprint density at radius 2 is 2.14 bits per heavy atom. The number of methoxy groups -OCH3 is 1. The molecule has 0 fully saturated rings. The summed E-state index contributed by atoms with van der Waals surface area (Å²) in [6.45, 7) is 4.35. The summed E-state index contributed by atoms with van der Waals surface area (Å²) in [5, 5.41) is 4.86. The molecule has 0 amide bonds. The Labute approximate surface area is 175 Å². The Balaban J connectivity index is 1.82. The van der Waals surface area contributed by atoms with Crippen LogP contribution in [0, 0.1) is 0 Å². The van der Waals surface area contributed by atoms with Gasteiger partial charge in [-0.25, -0.2) is 0 Å². The molecular weight excluding hydrogens is 386 g/mol. The lowest BCUT2D eigenvalue weighted by atomic mass is 10.1. The van der Waals surface area contributed by atoms with Gasteiger partial charge in [0, 0.05) is 31.3 Å². The highest BCUT2D eigenvalue weighted by Crippen LogP contribution is 2.16. The van der Waals surface area contributed by atoms with Gasteiger partial charge in [-0.1, -0.05) is 13.0 Å². The molecule has 0 bridgehead atoms. The number of aryl methyl sites for hydroxylation is 1. The van der Waals surface area contributed by atoms with Crippen LogP contribution >= 0.6 is 12.2 Å². The molecule has 2 aromatic heterocycles. The van der Waals surface area contributed by atoms with Crippen LogP contribution in [-0.4, -0.2) is 35.3 Å². The van der Waals surface area contributed by atoms with E-state index in [0.29, 0.717) is 36.9 Å². The first kappa shape index (κ1) is 21.1. The number of nitrogens with one attached hydrogen (secondary N) is 2. The van der Waals surface area contributed by atoms with E-state index in [4.69, 9.17) is 21.4 Å². The Morgan fingerprint density at radius 3 is 2.86 bits per heavy atom. The summed E-state index contributed by atoms with van der Waals surface area (Å²) < 4.78 is 10.6. The van der Waals surface area contributed by atoms with E-state index >= 15 is 0 Å². The molecule has 0 spiro atoms. The van der Waals surface area contributed by atoms with E-state index in [9.17, 15) is 4.79 Å². The van der Waals surface area contributed by atoms with E-state index in [1.165, 1.54) is 5.56 Å². The maximum atomic E-state index is 12.7. The van der Waals surface area contributed by atoms with Crippen molar-refractivity contribution in [3.63, 3.8) is 0 Å². The van der Waals surface area contributed by atoms with Crippen LogP contribution < -0.4 is 10.9 Å². The smallest absolute Gasteiger partial charge is 0.253 e. The zero-order valence-electron chi connectivity index (χ0n) is 16.9. The number of pyridine rings is 1. The van der Waals surface area contributed by atoms with Crippen molar-refractivity contribution < 1.29 is 9.15 Å². The van der Waals surface area contributed by atoms with Crippen molar-refractivity contribution in [2.75, 3.05) is 20.3 Å². The van der Waals surface area contributed by atoms with Crippen molar-refractivity contribution in [3.05, 3.63) is 69.9 Å². The lowest BCUT2D eigenvalue weighted by Gasteiger charge is -2.25. The zero-order chi connectivity index (χ0) is 20.6. The molecule has 0 saturated carbocycles. The van der Waals surface area contributed by atoms with Crippen LogP contribution in [0.3, 0.4) is 0 Å². The molecule has 0 atom stereocenters. The van der Waals surface area contributed by atoms with Crippen LogP contribution in [0.2, 0.25) is 0 Å². The van der Waals surface area contributed by atoms with Gasteiger partial charge in [0.1, 0.15) is 5.76 Å². The Bertz CT molecular complexity index is 998. The fourth-order valence-electron chi connectivity index (χ4n) is 3.16. The first-order valence-corrected chi connectivity index (χ1v) is 10.2. The highest BCUT2D eigenvalue weighted by atomic mass is 32.1. The van der Waals surface area contributed by atoms with Crippen molar-refractivity contribution in [2.24, 2.45) is 0 Å². The molecule has 0 aliphatic heterocycles. The SMILES string of the molecule is CCc1ccc2[nH]c(=O)c(CN(Cc3ccco3)C(=S)NCCCOC)cc2c1. The van der Waals surface area contributed by atoms with Crippen LogP contribution in [0.1, 0.15) is 30.2 Å². The fourth-order valence-corrected chi connectivity index (χ4v) is 3.39. The molecule has 1 aromatic carbocycles. The second-order valence-electron chi connectivity index (χ2n) is 6.91. The lowest BCUT2D eigenvalue weighted by Crippen LogP contribution is -2.40. The van der Waals surface area contributed by atoms with Gasteiger partial charge in [0.15, 0.2) is 5.11 Å². The van der Waals surface area contributed by atoms with Gasteiger partial charge in [-0.2, -0.15) is 0 Å². The number of H-pyrrole nitrogens is 1. The van der Waals surface area contributed by atoms with Gasteiger partial charge in [0.05, 0.1) is 19.4 Å². The van der Waals surface area contributed by atoms with Gasteiger partial charge in [-0.15, -0.1) is 0 Å². The van der Waals surface area contributed by atoms with E-state index in [-0.39, 0.29) is 5.56 Å². The maximum absolute atomic E-state index is 12.7. The van der Waals surface area contributed by atoms with Gasteiger partial charge >= 0.3 is 0 Å². The number of nitrogens with zero attached hydrogens (tertiary/aromatic N) is 1. The van der Waals surface area contributed by atoms with Crippen LogP contribution in [0.15, 0.2) is 51.9 Å². The van der Waals surface area contributed by atoms with Gasteiger partial charge in [0.25, 0.3) is 5.56 Å². The minimum atomic E-state index is -0.103. The topological polar surface area (TPSA) is 70.5 Å². The number of fused-ring (bicyclic) bond motifs is 1. The highest BCUT2D eigenvalue weighted by molar-refractivity contribution is 7.80. The average molecular weight is 414 g/mol. The maximum Gasteiger partial charge on any atom is 0.253 e. The number of furan rings is 1. The van der Waals surface area contributed by atoms with Crippen molar-refractivity contribution in [1.82, 2.24) is 15.2 Å². The minimum Gasteiger partial charge on any atom is -0.467 e. The molecule has 3 aromatic rings. The molecule has 0 aliphatic rings. The predicted molar refractivity (Wildman–Crippen MR) is 119 cm³/mol. The summed E-state index contributed by atoms with van der Waals surface area (Å²) in [5.74, 6) is 0.788. The zero-order valence-corrected chi connectivity index (χ0v) is 17.7. The standard InChI is InChI=1S/C22H27N3O3S/c1-3-16-7-8-20-17(12-16)13-18(21(26)24-20)14-25(15-19-6-4-11-28-19)22(29)23-9-5-10-27-2/h4,6-8,11-13H,3,5,9-10,14-15H2,1-2H3,(H,23,29)(H,24,26). The van der Waals surface area contributed by atoms with E-state index < -0.39 is 0 Å². The third kappa shape index (κ3) is 5.68. The number of hydrogen-bond donors (Lipinski definition) is 2. The van der Waals surface area contributed by atoms with E-state index in [1.54, 1.807) is 13.4 Å². The second-order valence-corrected chi connectivity index (χ2v) is 7.30. The number of aromatic amines is 1. The predicted octanol–water partition coefficient (Wildman–Crippen LogP) is 3.60. The van der Waals surface area contributed by atoms with Crippen LogP contribution in [0.25, 0.3) is 10.9 Å². The Kier molecular flexibility index (Phi) is 7.43. The number of thiocarbonyl (C=S) groups is 1. The van der Waals surface area contributed by atoms with Gasteiger partial charge < -0.3 is 24.4 Å². The third-order valence-electron chi connectivity index (χ3n) is 4.77. The summed E-state index contributed by atoms with van der Waals surface area (Å²) in [7, 11) is 1.68. The van der Waals surface area contributed by atoms with Crippen molar-refractivity contribution in [2.45, 2.75) is 32.9 Å². The molecule has 0 radical (unpaired) electrons. The molecule has 6 nitrogen and oxygen atoms in total. The molecule has 0 saturated heterocycles. The molecule has 29 heavy (non-hydrogen) atoms. The van der Waals surface area contributed by atoms with Gasteiger partial charge in [0.2, 0.25) is 0 Å². The molecule has 7 heteroatoms. The lowest BCUT2D eigenvalue weighted by molar-refractivity contribution is 0.195. The highest BCUT2D eigenvalue weighted by Gasteiger charge is 2.15. The number of ether oxygens (including phenoxy) is 1. The third-order valence-corrected chi connectivity index (χ3v) is 5.17. The fraction of sp³-hybridized carbons (Fsp3) is 0.364. The molecule has 2 heterocycles. The molecular formula is C22H27N3O3S. The van der Waals surface area contributed by atoms with Gasteiger partial charge in [-0.3, -0.25) is 4.79 Å². The van der Waals surface area contributed by atoms with E-state index in [2.05, 4.69) is 23.3 Å². The number of aromatic nitrogens is 1. The largest absolute Gasteiger partial charge is 0.467 e. The number of hydrogen-bond acceptors (Lipinski definition) is 4. The van der Waals surface area contributed by atoms with Crippen molar-refractivity contribution >= 4 is 28.2 Å². The quantitative estimate of drug-likeness (QED) is 0.413. The monoisotopic (exact) mass is 413 g/mol. The summed E-state index contributed by atoms with van der Waals surface area (Å²) in [4.78, 5) is 17.6. The van der Waals surface area contributed by atoms with Crippen molar-refractivity contribution in [1.29, 1.82) is 0 Å². The first-order chi connectivity index (χ1) is 14.1. The Morgan fingerprint density at radius 1 is 1.28 bits per heavy atom. The summed E-state index contributed by atoms with van der Waals surface area (Å²) in [6.07, 6.45) is 3.43. The molecule has 0 unspecified atom stereocenters. The van der Waals surface area contributed by atoms with E-state index in [0.717, 1.165) is 29.5 Å². The molecule has 154 valence electrons. The summed E-state index contributed by atoms with van der Waals surface area (Å²) in [6, 6.07) is 11.8. The normalized spacial score (nSPS) is 11.0. The number of benzene rings is 1. The molecule has 3 rings (SSSR count). The minimum absolute atomic E-state index is 0.103. The molecule has 2 N–H and O–H groups in total. The molecule has 0 aliphatic carbocycles. The summed E-state index contributed by atoms with van der Waals surface area (Å²) >= 11 is 5.60. The van der Waals surface area contributed by atoms with Crippen LogP contribution in [0.4, 0.5) is 0 Å². The second kappa shape index (κ2) is 10.2. The summed E-state index contributed by atoms with van der Waals surface area (Å²) in [5.41, 5.74) is 2.64. The van der Waals surface area contributed by atoms with Crippen LogP contribution in [0.5, 0.6) is 0 Å². The van der Waals surface area contributed by atoms with E-state index in [1.807, 2.05) is 35.2 Å². The Hall–Kier alpha value is -2.64. The van der Waals surface area contributed by atoms with Gasteiger partial charge in [-0.05, 0) is 66.3 Å². The average Bonchev–Trinajstić information content (AvgIpc) is 3.24. The number of rotatable bonds is 9. The first-order valence-electron chi connectivity index (χ1n) is 9.79.